The van der Waals surface area contributed by atoms with E-state index in [0.29, 0.717) is 0 Å². The number of hydrogen-bond donors (Lipinski definition) is 2. The van der Waals surface area contributed by atoms with Gasteiger partial charge < -0.3 is 10.4 Å². The van der Waals surface area contributed by atoms with Gasteiger partial charge in [0.15, 0.2) is 0 Å². The molecule has 0 bridgehead atoms. The van der Waals surface area contributed by atoms with Crippen LogP contribution < -0.4 is 5.32 Å². The van der Waals surface area contributed by atoms with E-state index in [0.717, 1.165) is 48.1 Å². The lowest BCUT2D eigenvalue weighted by molar-refractivity contribution is -0.143. The molecule has 0 saturated heterocycles. The lowest BCUT2D eigenvalue weighted by atomic mass is 9.84. The van der Waals surface area contributed by atoms with Crippen molar-refractivity contribution in [1.82, 2.24) is 9.97 Å². The Morgan fingerprint density at radius 1 is 1.43 bits per heavy atom. The van der Waals surface area contributed by atoms with Crippen LogP contribution in [-0.2, 0) is 11.2 Å². The van der Waals surface area contributed by atoms with E-state index in [1.165, 1.54) is 4.88 Å². The first kappa shape index (κ1) is 14.3. The molecule has 3 rings (SSSR count). The third-order valence-corrected chi connectivity index (χ3v) is 5.32. The minimum atomic E-state index is -0.711. The molecule has 0 aromatic carbocycles. The SMILES string of the molecule is CCc1cc2c(NC3CCCCC3C(=O)O)ncnc2s1. The average molecular weight is 305 g/mol. The molecule has 1 aliphatic carbocycles. The molecule has 0 amide bonds. The Kier molecular flexibility index (Phi) is 4.05. The first-order valence-electron chi connectivity index (χ1n) is 7.41. The molecular weight excluding hydrogens is 286 g/mol. The van der Waals surface area contributed by atoms with Gasteiger partial charge in [0.1, 0.15) is 17.0 Å². The molecule has 1 fully saturated rings. The molecule has 2 unspecified atom stereocenters. The number of aryl methyl sites for hydroxylation is 1. The second-order valence-corrected chi connectivity index (χ2v) is 6.60. The van der Waals surface area contributed by atoms with Gasteiger partial charge in [-0.25, -0.2) is 9.97 Å². The van der Waals surface area contributed by atoms with Gasteiger partial charge in [0.25, 0.3) is 0 Å². The minimum absolute atomic E-state index is 0.0423. The summed E-state index contributed by atoms with van der Waals surface area (Å²) in [7, 11) is 0. The summed E-state index contributed by atoms with van der Waals surface area (Å²) in [5.41, 5.74) is 0. The minimum Gasteiger partial charge on any atom is -0.481 e. The normalized spacial score (nSPS) is 22.3. The van der Waals surface area contributed by atoms with Gasteiger partial charge >= 0.3 is 5.97 Å². The summed E-state index contributed by atoms with van der Waals surface area (Å²) in [5, 5.41) is 13.7. The second kappa shape index (κ2) is 5.97. The van der Waals surface area contributed by atoms with Crippen molar-refractivity contribution in [2.75, 3.05) is 5.32 Å². The fraction of sp³-hybridized carbons (Fsp3) is 0.533. The van der Waals surface area contributed by atoms with E-state index < -0.39 is 5.97 Å². The van der Waals surface area contributed by atoms with Crippen molar-refractivity contribution in [3.8, 4) is 0 Å². The lowest BCUT2D eigenvalue weighted by Crippen LogP contribution is -2.37. The molecular formula is C15H19N3O2S. The van der Waals surface area contributed by atoms with E-state index in [9.17, 15) is 9.90 Å². The largest absolute Gasteiger partial charge is 0.481 e. The van der Waals surface area contributed by atoms with Gasteiger partial charge in [0.2, 0.25) is 0 Å². The number of fused-ring (bicyclic) bond motifs is 1. The van der Waals surface area contributed by atoms with Crippen LogP contribution >= 0.6 is 11.3 Å². The fourth-order valence-electron chi connectivity index (χ4n) is 2.97. The zero-order chi connectivity index (χ0) is 14.8. The van der Waals surface area contributed by atoms with Crippen LogP contribution in [0.25, 0.3) is 10.2 Å². The van der Waals surface area contributed by atoms with Crippen LogP contribution in [0, 0.1) is 5.92 Å². The maximum Gasteiger partial charge on any atom is 0.308 e. The first-order chi connectivity index (χ1) is 10.2. The Bertz CT molecular complexity index is 655. The summed E-state index contributed by atoms with van der Waals surface area (Å²) in [6.07, 6.45) is 6.21. The zero-order valence-electron chi connectivity index (χ0n) is 12.0. The number of carbonyl (C=O) groups is 1. The van der Waals surface area contributed by atoms with E-state index in [-0.39, 0.29) is 12.0 Å². The third kappa shape index (κ3) is 2.85. The summed E-state index contributed by atoms with van der Waals surface area (Å²) in [4.78, 5) is 22.3. The number of nitrogens with zero attached hydrogens (tertiary/aromatic N) is 2. The van der Waals surface area contributed by atoms with E-state index >= 15 is 0 Å². The van der Waals surface area contributed by atoms with Crippen LogP contribution in [0.3, 0.4) is 0 Å². The monoisotopic (exact) mass is 305 g/mol. The molecule has 5 nitrogen and oxygen atoms in total. The van der Waals surface area contributed by atoms with E-state index in [4.69, 9.17) is 0 Å². The van der Waals surface area contributed by atoms with Gasteiger partial charge in [-0.05, 0) is 25.3 Å². The Morgan fingerprint density at radius 2 is 2.24 bits per heavy atom. The van der Waals surface area contributed by atoms with E-state index in [1.807, 2.05) is 0 Å². The number of aliphatic carboxylic acids is 1. The molecule has 2 atom stereocenters. The lowest BCUT2D eigenvalue weighted by Gasteiger charge is -2.29. The fourth-order valence-corrected chi connectivity index (χ4v) is 3.90. The highest BCUT2D eigenvalue weighted by molar-refractivity contribution is 7.18. The van der Waals surface area contributed by atoms with Crippen LogP contribution in [0.4, 0.5) is 5.82 Å². The molecule has 2 N–H and O–H groups in total. The van der Waals surface area contributed by atoms with Gasteiger partial charge in [0, 0.05) is 10.9 Å². The molecule has 0 aliphatic heterocycles. The molecule has 2 aromatic rings. The molecule has 0 spiro atoms. The molecule has 21 heavy (non-hydrogen) atoms. The van der Waals surface area contributed by atoms with Gasteiger partial charge in [-0.2, -0.15) is 0 Å². The highest BCUT2D eigenvalue weighted by Crippen LogP contribution is 2.32. The molecule has 2 heterocycles. The van der Waals surface area contributed by atoms with Crippen molar-refractivity contribution in [3.63, 3.8) is 0 Å². The van der Waals surface area contributed by atoms with Crippen LogP contribution in [-0.4, -0.2) is 27.1 Å². The molecule has 6 heteroatoms. The van der Waals surface area contributed by atoms with Crippen LogP contribution in [0.1, 0.15) is 37.5 Å². The van der Waals surface area contributed by atoms with Crippen LogP contribution in [0.2, 0.25) is 0 Å². The van der Waals surface area contributed by atoms with Gasteiger partial charge in [0.05, 0.1) is 11.3 Å². The predicted molar refractivity (Wildman–Crippen MR) is 83.8 cm³/mol. The summed E-state index contributed by atoms with van der Waals surface area (Å²) in [6, 6.07) is 2.07. The molecule has 1 saturated carbocycles. The summed E-state index contributed by atoms with van der Waals surface area (Å²) in [5.74, 6) is -0.265. The van der Waals surface area contributed by atoms with Crippen molar-refractivity contribution in [1.29, 1.82) is 0 Å². The number of carboxylic acid groups (broad SMARTS) is 1. The standard InChI is InChI=1S/C15H19N3O2S/c1-2-9-7-11-13(16-8-17-14(11)21-9)18-12-6-4-3-5-10(12)15(19)20/h7-8,10,12H,2-6H2,1H3,(H,19,20)(H,16,17,18). The van der Waals surface area contributed by atoms with Crippen molar-refractivity contribution in [3.05, 3.63) is 17.3 Å². The Balaban J connectivity index is 1.89. The predicted octanol–water partition coefficient (Wildman–Crippen LogP) is 3.31. The van der Waals surface area contributed by atoms with Gasteiger partial charge in [-0.3, -0.25) is 4.79 Å². The Hall–Kier alpha value is -1.69. The van der Waals surface area contributed by atoms with Crippen molar-refractivity contribution in [2.45, 2.75) is 45.1 Å². The molecule has 0 radical (unpaired) electrons. The number of rotatable bonds is 4. The average Bonchev–Trinajstić information content (AvgIpc) is 2.92. The number of hydrogen-bond acceptors (Lipinski definition) is 5. The topological polar surface area (TPSA) is 75.1 Å². The first-order valence-corrected chi connectivity index (χ1v) is 8.23. The molecule has 2 aromatic heterocycles. The Labute approximate surface area is 127 Å². The second-order valence-electron chi connectivity index (χ2n) is 5.49. The Morgan fingerprint density at radius 3 is 3.00 bits per heavy atom. The number of nitrogens with one attached hydrogen (secondary N) is 1. The van der Waals surface area contributed by atoms with E-state index in [1.54, 1.807) is 17.7 Å². The smallest absolute Gasteiger partial charge is 0.308 e. The van der Waals surface area contributed by atoms with Crippen LogP contribution in [0.15, 0.2) is 12.4 Å². The summed E-state index contributed by atoms with van der Waals surface area (Å²) in [6.45, 7) is 2.12. The molecule has 112 valence electrons. The van der Waals surface area contributed by atoms with E-state index in [2.05, 4.69) is 28.3 Å². The van der Waals surface area contributed by atoms with Crippen molar-refractivity contribution >= 4 is 33.3 Å². The maximum absolute atomic E-state index is 11.4. The quantitative estimate of drug-likeness (QED) is 0.906. The summed E-state index contributed by atoms with van der Waals surface area (Å²) >= 11 is 1.67. The number of carboxylic acids is 1. The maximum atomic E-state index is 11.4. The van der Waals surface area contributed by atoms with Crippen molar-refractivity contribution in [2.24, 2.45) is 5.92 Å². The highest BCUT2D eigenvalue weighted by atomic mass is 32.1. The summed E-state index contributed by atoms with van der Waals surface area (Å²) < 4.78 is 0. The van der Waals surface area contributed by atoms with Gasteiger partial charge in [-0.15, -0.1) is 11.3 Å². The number of aromatic nitrogens is 2. The van der Waals surface area contributed by atoms with Gasteiger partial charge in [-0.1, -0.05) is 19.8 Å². The number of anilines is 1. The zero-order valence-corrected chi connectivity index (χ0v) is 12.8. The highest BCUT2D eigenvalue weighted by Gasteiger charge is 2.31. The van der Waals surface area contributed by atoms with Crippen LogP contribution in [0.5, 0.6) is 0 Å². The van der Waals surface area contributed by atoms with Crippen molar-refractivity contribution < 1.29 is 9.90 Å². The number of thiophene rings is 1. The molecule has 1 aliphatic rings. The third-order valence-electron chi connectivity index (χ3n) is 4.13.